The van der Waals surface area contributed by atoms with Crippen molar-refractivity contribution in [2.45, 2.75) is 6.54 Å². The van der Waals surface area contributed by atoms with Crippen molar-refractivity contribution in [1.29, 1.82) is 0 Å². The molecule has 4 rings (SSSR count). The van der Waals surface area contributed by atoms with E-state index in [2.05, 4.69) is 4.90 Å². The van der Waals surface area contributed by atoms with Gasteiger partial charge < -0.3 is 4.57 Å². The SMILES string of the molecule is Cn1ccc(CN2CC3C(=O)N(c4ccccc4)C(=O)C3C2)cc1=O. The number of hydrogen-bond acceptors (Lipinski definition) is 4. The summed E-state index contributed by atoms with van der Waals surface area (Å²) in [6.45, 7) is 1.68. The van der Waals surface area contributed by atoms with Gasteiger partial charge in [0.25, 0.3) is 5.56 Å². The first-order valence-electron chi connectivity index (χ1n) is 8.35. The summed E-state index contributed by atoms with van der Waals surface area (Å²) in [6, 6.07) is 12.6. The van der Waals surface area contributed by atoms with Crippen LogP contribution in [0.2, 0.25) is 0 Å². The number of likely N-dealkylation sites (tertiary alicyclic amines) is 1. The fourth-order valence-electron chi connectivity index (χ4n) is 3.73. The van der Waals surface area contributed by atoms with Gasteiger partial charge in [0.05, 0.1) is 17.5 Å². The molecule has 2 atom stereocenters. The zero-order valence-electron chi connectivity index (χ0n) is 14.0. The zero-order chi connectivity index (χ0) is 17.6. The number of imide groups is 1. The van der Waals surface area contributed by atoms with Crippen LogP contribution < -0.4 is 10.5 Å². The van der Waals surface area contributed by atoms with Gasteiger partial charge in [-0.25, -0.2) is 4.90 Å². The predicted octanol–water partition coefficient (Wildman–Crippen LogP) is 1.01. The maximum atomic E-state index is 12.7. The van der Waals surface area contributed by atoms with E-state index in [0.29, 0.717) is 25.3 Å². The van der Waals surface area contributed by atoms with Gasteiger partial charge in [-0.15, -0.1) is 0 Å². The van der Waals surface area contributed by atoms with Crippen LogP contribution in [0.15, 0.2) is 53.5 Å². The average Bonchev–Trinajstić information content (AvgIpc) is 3.11. The molecule has 1 aromatic carbocycles. The van der Waals surface area contributed by atoms with Crippen LogP contribution in [-0.2, 0) is 23.2 Å². The largest absolute Gasteiger partial charge is 0.319 e. The summed E-state index contributed by atoms with van der Waals surface area (Å²) in [5.74, 6) is -0.821. The van der Waals surface area contributed by atoms with Crippen molar-refractivity contribution in [3.05, 3.63) is 64.6 Å². The first kappa shape index (κ1) is 15.8. The summed E-state index contributed by atoms with van der Waals surface area (Å²) >= 11 is 0. The molecule has 0 radical (unpaired) electrons. The van der Waals surface area contributed by atoms with Crippen LogP contribution in [0.5, 0.6) is 0 Å². The lowest BCUT2D eigenvalue weighted by Gasteiger charge is -2.20. The summed E-state index contributed by atoms with van der Waals surface area (Å²) < 4.78 is 1.52. The van der Waals surface area contributed by atoms with Crippen LogP contribution in [0.3, 0.4) is 0 Å². The highest BCUT2D eigenvalue weighted by molar-refractivity contribution is 6.22. The van der Waals surface area contributed by atoms with E-state index in [1.807, 2.05) is 24.3 Å². The van der Waals surface area contributed by atoms with E-state index in [1.54, 1.807) is 31.4 Å². The van der Waals surface area contributed by atoms with Crippen molar-refractivity contribution in [3.8, 4) is 0 Å². The second kappa shape index (κ2) is 5.97. The molecule has 2 aliphatic heterocycles. The fraction of sp³-hybridized carbons (Fsp3) is 0.316. The van der Waals surface area contributed by atoms with Crippen LogP contribution in [0.1, 0.15) is 5.56 Å². The number of anilines is 1. The molecule has 2 amide bonds. The Morgan fingerprint density at radius 1 is 0.960 bits per heavy atom. The number of aromatic nitrogens is 1. The first-order valence-corrected chi connectivity index (χ1v) is 8.35. The molecule has 25 heavy (non-hydrogen) atoms. The predicted molar refractivity (Wildman–Crippen MR) is 92.9 cm³/mol. The smallest absolute Gasteiger partial charge is 0.250 e. The molecule has 2 aromatic rings. The third-order valence-electron chi connectivity index (χ3n) is 5.06. The van der Waals surface area contributed by atoms with Gasteiger partial charge in [0.2, 0.25) is 11.8 Å². The second-order valence-corrected chi connectivity index (χ2v) is 6.74. The molecule has 2 fully saturated rings. The van der Waals surface area contributed by atoms with Gasteiger partial charge in [0.1, 0.15) is 0 Å². The maximum Gasteiger partial charge on any atom is 0.250 e. The van der Waals surface area contributed by atoms with Gasteiger partial charge in [-0.1, -0.05) is 18.2 Å². The third-order valence-corrected chi connectivity index (χ3v) is 5.06. The van der Waals surface area contributed by atoms with E-state index in [9.17, 15) is 14.4 Å². The molecule has 2 unspecified atom stereocenters. The minimum Gasteiger partial charge on any atom is -0.319 e. The number of benzene rings is 1. The maximum absolute atomic E-state index is 12.7. The molecule has 6 nitrogen and oxygen atoms in total. The molecule has 2 saturated heterocycles. The molecular formula is C19H19N3O3. The monoisotopic (exact) mass is 337 g/mol. The Labute approximate surface area is 145 Å². The lowest BCUT2D eigenvalue weighted by atomic mass is 10.00. The van der Waals surface area contributed by atoms with Crippen molar-refractivity contribution < 1.29 is 9.59 Å². The molecule has 0 spiro atoms. The van der Waals surface area contributed by atoms with Crippen molar-refractivity contribution >= 4 is 17.5 Å². The summed E-state index contributed by atoms with van der Waals surface area (Å²) in [5, 5.41) is 0. The minimum atomic E-state index is -0.292. The van der Waals surface area contributed by atoms with Crippen molar-refractivity contribution in [2.24, 2.45) is 18.9 Å². The minimum absolute atomic E-state index is 0.0562. The van der Waals surface area contributed by atoms with Gasteiger partial charge in [-0.05, 0) is 23.8 Å². The van der Waals surface area contributed by atoms with Crippen LogP contribution in [-0.4, -0.2) is 34.4 Å². The number of fused-ring (bicyclic) bond motifs is 1. The van der Waals surface area contributed by atoms with Gasteiger partial charge >= 0.3 is 0 Å². The lowest BCUT2D eigenvalue weighted by Crippen LogP contribution is -2.36. The molecule has 0 saturated carbocycles. The Kier molecular flexibility index (Phi) is 3.77. The Hall–Kier alpha value is -2.73. The highest BCUT2D eigenvalue weighted by Crippen LogP contribution is 2.36. The van der Waals surface area contributed by atoms with Crippen LogP contribution in [0, 0.1) is 11.8 Å². The average molecular weight is 337 g/mol. The van der Waals surface area contributed by atoms with E-state index >= 15 is 0 Å². The molecule has 3 heterocycles. The number of para-hydroxylation sites is 1. The Bertz CT molecular complexity index is 866. The summed E-state index contributed by atoms with van der Waals surface area (Å²) in [6.07, 6.45) is 1.74. The molecule has 0 aliphatic carbocycles. The number of pyridine rings is 1. The highest BCUT2D eigenvalue weighted by Gasteiger charge is 2.52. The molecule has 2 aliphatic rings. The van der Waals surface area contributed by atoms with E-state index in [4.69, 9.17) is 0 Å². The number of aryl methyl sites for hydroxylation is 1. The van der Waals surface area contributed by atoms with Crippen LogP contribution >= 0.6 is 0 Å². The summed E-state index contributed by atoms with van der Waals surface area (Å²) in [7, 11) is 1.71. The number of nitrogens with zero attached hydrogens (tertiary/aromatic N) is 3. The molecular weight excluding hydrogens is 318 g/mol. The fourth-order valence-corrected chi connectivity index (χ4v) is 3.73. The molecule has 0 N–H and O–H groups in total. The number of hydrogen-bond donors (Lipinski definition) is 0. The molecule has 6 heteroatoms. The Morgan fingerprint density at radius 2 is 1.60 bits per heavy atom. The standard InChI is InChI=1S/C19H19N3O3/c1-20-8-7-13(9-17(20)23)10-21-11-15-16(12-21)19(25)22(18(15)24)14-5-3-2-4-6-14/h2-9,15-16H,10-12H2,1H3. The normalized spacial score (nSPS) is 23.3. The molecule has 1 aromatic heterocycles. The lowest BCUT2D eigenvalue weighted by molar-refractivity contribution is -0.123. The number of carbonyl (C=O) groups excluding carboxylic acids is 2. The molecule has 128 valence electrons. The summed E-state index contributed by atoms with van der Waals surface area (Å²) in [5.41, 5.74) is 1.49. The third kappa shape index (κ3) is 2.68. The van der Waals surface area contributed by atoms with E-state index in [-0.39, 0.29) is 29.2 Å². The van der Waals surface area contributed by atoms with Gasteiger partial charge in [-0.3, -0.25) is 19.3 Å². The number of carbonyl (C=O) groups is 2. The van der Waals surface area contributed by atoms with Crippen molar-refractivity contribution in [2.75, 3.05) is 18.0 Å². The topological polar surface area (TPSA) is 62.6 Å². The number of amides is 2. The van der Waals surface area contributed by atoms with Crippen molar-refractivity contribution in [1.82, 2.24) is 9.47 Å². The zero-order valence-corrected chi connectivity index (χ0v) is 14.0. The first-order chi connectivity index (χ1) is 12.0. The molecule has 0 bridgehead atoms. The van der Waals surface area contributed by atoms with Gasteiger partial charge in [0.15, 0.2) is 0 Å². The van der Waals surface area contributed by atoms with Gasteiger partial charge in [-0.2, -0.15) is 0 Å². The van der Waals surface area contributed by atoms with E-state index < -0.39 is 0 Å². The second-order valence-electron chi connectivity index (χ2n) is 6.74. The van der Waals surface area contributed by atoms with Crippen LogP contribution in [0.25, 0.3) is 0 Å². The quantitative estimate of drug-likeness (QED) is 0.784. The highest BCUT2D eigenvalue weighted by atomic mass is 16.2. The van der Waals surface area contributed by atoms with E-state index in [0.717, 1.165) is 5.56 Å². The summed E-state index contributed by atoms with van der Waals surface area (Å²) in [4.78, 5) is 40.6. The van der Waals surface area contributed by atoms with E-state index in [1.165, 1.54) is 9.47 Å². The Balaban J connectivity index is 1.50. The van der Waals surface area contributed by atoms with Crippen molar-refractivity contribution in [3.63, 3.8) is 0 Å². The Morgan fingerprint density at radius 3 is 2.20 bits per heavy atom. The number of rotatable bonds is 3. The van der Waals surface area contributed by atoms with Gasteiger partial charge in [0, 0.05) is 38.9 Å². The van der Waals surface area contributed by atoms with Crippen LogP contribution in [0.4, 0.5) is 5.69 Å².